The molecule has 0 rings (SSSR count). The maximum atomic E-state index is 11.4. The molecule has 6 nitrogen and oxygen atoms in total. The minimum atomic E-state index is -1.51. The highest BCUT2D eigenvalue weighted by atomic mass is 28.3. The number of carboxylic acids is 1. The largest absolute Gasteiger partial charge is 0.481 e. The molecule has 0 aromatic carbocycles. The van der Waals surface area contributed by atoms with Crippen LogP contribution in [-0.4, -0.2) is 43.6 Å². The highest BCUT2D eigenvalue weighted by Crippen LogP contribution is 2.10. The summed E-state index contributed by atoms with van der Waals surface area (Å²) >= 11 is 0. The monoisotopic (exact) mass is 262 g/mol. The standard InChI is InChI=1S/C10H22N2O4Si/c1-7(17(2,3)4)16-10(15)12-6-8(11)5-9(13)14/h7-8H,5-6,11H2,1-4H3,(H,12,15)(H,13,14). The van der Waals surface area contributed by atoms with Crippen LogP contribution in [0.15, 0.2) is 0 Å². The van der Waals surface area contributed by atoms with E-state index < -0.39 is 26.2 Å². The fourth-order valence-corrected chi connectivity index (χ4v) is 1.35. The van der Waals surface area contributed by atoms with E-state index in [4.69, 9.17) is 15.6 Å². The first-order valence-electron chi connectivity index (χ1n) is 5.54. The summed E-state index contributed by atoms with van der Waals surface area (Å²) in [5.74, 6) is -0.983. The van der Waals surface area contributed by atoms with Crippen LogP contribution in [0.5, 0.6) is 0 Å². The van der Waals surface area contributed by atoms with Gasteiger partial charge in [-0.1, -0.05) is 19.6 Å². The van der Waals surface area contributed by atoms with Gasteiger partial charge in [0.05, 0.1) is 20.2 Å². The lowest BCUT2D eigenvalue weighted by molar-refractivity contribution is -0.137. The number of aliphatic carboxylic acids is 1. The van der Waals surface area contributed by atoms with Gasteiger partial charge in [0.1, 0.15) is 0 Å². The zero-order valence-electron chi connectivity index (χ0n) is 10.8. The number of nitrogens with two attached hydrogens (primary N) is 1. The second-order valence-electron chi connectivity index (χ2n) is 5.15. The molecular weight excluding hydrogens is 240 g/mol. The van der Waals surface area contributed by atoms with Crippen LogP contribution in [0.4, 0.5) is 4.79 Å². The van der Waals surface area contributed by atoms with Crippen molar-refractivity contribution in [1.29, 1.82) is 0 Å². The Kier molecular flexibility index (Phi) is 6.18. The van der Waals surface area contributed by atoms with Gasteiger partial charge in [-0.15, -0.1) is 0 Å². The number of carboxylic acid groups (broad SMARTS) is 1. The molecule has 0 aliphatic rings. The average Bonchev–Trinajstić information content (AvgIpc) is 2.12. The van der Waals surface area contributed by atoms with Crippen molar-refractivity contribution in [3.63, 3.8) is 0 Å². The predicted octanol–water partition coefficient (Wildman–Crippen LogP) is 0.780. The first-order valence-corrected chi connectivity index (χ1v) is 9.12. The SMILES string of the molecule is CC(OC(=O)NCC(N)CC(=O)O)[Si](C)(C)C. The van der Waals surface area contributed by atoms with Gasteiger partial charge in [0.2, 0.25) is 0 Å². The summed E-state index contributed by atoms with van der Waals surface area (Å²) in [6.07, 6.45) is -0.718. The Balaban J connectivity index is 3.92. The van der Waals surface area contributed by atoms with E-state index in [1.807, 2.05) is 6.92 Å². The molecule has 17 heavy (non-hydrogen) atoms. The fraction of sp³-hybridized carbons (Fsp3) is 0.800. The highest BCUT2D eigenvalue weighted by molar-refractivity contribution is 6.77. The molecule has 100 valence electrons. The highest BCUT2D eigenvalue weighted by Gasteiger charge is 2.26. The average molecular weight is 262 g/mol. The van der Waals surface area contributed by atoms with Crippen LogP contribution in [0.2, 0.25) is 19.6 Å². The van der Waals surface area contributed by atoms with Crippen LogP contribution in [0.3, 0.4) is 0 Å². The summed E-state index contributed by atoms with van der Waals surface area (Å²) in [4.78, 5) is 21.7. The van der Waals surface area contributed by atoms with Gasteiger partial charge in [0, 0.05) is 12.6 Å². The van der Waals surface area contributed by atoms with E-state index in [0.717, 1.165) is 0 Å². The van der Waals surface area contributed by atoms with Crippen molar-refractivity contribution in [2.24, 2.45) is 5.73 Å². The van der Waals surface area contributed by atoms with E-state index in [-0.39, 0.29) is 18.7 Å². The molecule has 0 radical (unpaired) electrons. The summed E-state index contributed by atoms with van der Waals surface area (Å²) < 4.78 is 5.18. The van der Waals surface area contributed by atoms with Crippen molar-refractivity contribution in [2.75, 3.05) is 6.54 Å². The Morgan fingerprint density at radius 1 is 1.41 bits per heavy atom. The topological polar surface area (TPSA) is 102 Å². The summed E-state index contributed by atoms with van der Waals surface area (Å²) in [6.45, 7) is 8.26. The molecule has 4 N–H and O–H groups in total. The van der Waals surface area contributed by atoms with E-state index in [2.05, 4.69) is 25.0 Å². The molecule has 2 unspecified atom stereocenters. The summed E-state index contributed by atoms with van der Waals surface area (Å²) in [5.41, 5.74) is 5.40. The molecule has 0 aliphatic heterocycles. The Labute approximate surface area is 103 Å². The maximum Gasteiger partial charge on any atom is 0.407 e. The van der Waals surface area contributed by atoms with E-state index in [9.17, 15) is 9.59 Å². The van der Waals surface area contributed by atoms with Crippen molar-refractivity contribution >= 4 is 20.1 Å². The van der Waals surface area contributed by atoms with Gasteiger partial charge < -0.3 is 20.9 Å². The normalized spacial score (nSPS) is 14.9. The van der Waals surface area contributed by atoms with Gasteiger partial charge in [-0.3, -0.25) is 4.79 Å². The van der Waals surface area contributed by atoms with Crippen molar-refractivity contribution in [3.8, 4) is 0 Å². The molecule has 0 fully saturated rings. The Morgan fingerprint density at radius 3 is 2.35 bits per heavy atom. The Morgan fingerprint density at radius 2 is 1.94 bits per heavy atom. The quantitative estimate of drug-likeness (QED) is 0.614. The molecule has 0 aromatic heterocycles. The predicted molar refractivity (Wildman–Crippen MR) is 67.5 cm³/mol. The summed E-state index contributed by atoms with van der Waals surface area (Å²) in [7, 11) is -1.51. The second kappa shape index (κ2) is 6.60. The fourth-order valence-electron chi connectivity index (χ4n) is 0.890. The molecule has 2 atom stereocenters. The number of rotatable bonds is 6. The lowest BCUT2D eigenvalue weighted by atomic mass is 10.2. The minimum absolute atomic E-state index is 0.0989. The van der Waals surface area contributed by atoms with Crippen LogP contribution in [-0.2, 0) is 9.53 Å². The van der Waals surface area contributed by atoms with Gasteiger partial charge >= 0.3 is 12.1 Å². The minimum Gasteiger partial charge on any atom is -0.481 e. The molecule has 0 spiro atoms. The molecule has 1 amide bonds. The van der Waals surface area contributed by atoms with E-state index in [0.29, 0.717) is 0 Å². The van der Waals surface area contributed by atoms with E-state index in [1.54, 1.807) is 0 Å². The maximum absolute atomic E-state index is 11.4. The molecule has 0 saturated carbocycles. The van der Waals surface area contributed by atoms with Crippen LogP contribution < -0.4 is 11.1 Å². The number of carbonyl (C=O) groups excluding carboxylic acids is 1. The number of amides is 1. The Bertz CT molecular complexity index is 278. The van der Waals surface area contributed by atoms with Crippen molar-refractivity contribution in [1.82, 2.24) is 5.32 Å². The molecule has 0 bridgehead atoms. The number of hydrogen-bond acceptors (Lipinski definition) is 4. The smallest absolute Gasteiger partial charge is 0.407 e. The van der Waals surface area contributed by atoms with Crippen molar-refractivity contribution < 1.29 is 19.4 Å². The van der Waals surface area contributed by atoms with Gasteiger partial charge in [-0.25, -0.2) is 4.79 Å². The summed E-state index contributed by atoms with van der Waals surface area (Å²) in [6, 6.07) is -0.595. The number of carbonyl (C=O) groups is 2. The van der Waals surface area contributed by atoms with E-state index >= 15 is 0 Å². The number of nitrogens with one attached hydrogen (secondary N) is 1. The molecule has 0 saturated heterocycles. The third kappa shape index (κ3) is 7.75. The second-order valence-corrected chi connectivity index (χ2v) is 10.7. The van der Waals surface area contributed by atoms with Crippen LogP contribution in [0, 0.1) is 0 Å². The van der Waals surface area contributed by atoms with Gasteiger partial charge in [-0.2, -0.15) is 0 Å². The number of hydrogen-bond donors (Lipinski definition) is 3. The van der Waals surface area contributed by atoms with Gasteiger partial charge in [-0.05, 0) is 6.92 Å². The Hall–Kier alpha value is -1.08. The lowest BCUT2D eigenvalue weighted by Gasteiger charge is -2.25. The molecule has 0 aliphatic carbocycles. The number of alkyl carbamates (subject to hydrolysis) is 1. The van der Waals surface area contributed by atoms with Crippen molar-refractivity contribution in [2.45, 2.75) is 44.8 Å². The first kappa shape index (κ1) is 15.9. The van der Waals surface area contributed by atoms with Crippen molar-refractivity contribution in [3.05, 3.63) is 0 Å². The molecule has 0 heterocycles. The van der Waals surface area contributed by atoms with Crippen LogP contribution >= 0.6 is 0 Å². The first-order chi connectivity index (χ1) is 7.62. The number of ether oxygens (including phenoxy) is 1. The molecular formula is C10H22N2O4Si. The van der Waals surface area contributed by atoms with E-state index in [1.165, 1.54) is 0 Å². The van der Waals surface area contributed by atoms with Crippen LogP contribution in [0.25, 0.3) is 0 Å². The van der Waals surface area contributed by atoms with Crippen LogP contribution in [0.1, 0.15) is 13.3 Å². The zero-order chi connectivity index (χ0) is 13.6. The zero-order valence-corrected chi connectivity index (χ0v) is 11.8. The molecule has 7 heteroatoms. The molecule has 0 aromatic rings. The summed E-state index contributed by atoms with van der Waals surface area (Å²) in [5, 5.41) is 10.9. The van der Waals surface area contributed by atoms with Gasteiger partial charge in [0.15, 0.2) is 0 Å². The third-order valence-corrected chi connectivity index (χ3v) is 5.01. The van der Waals surface area contributed by atoms with Gasteiger partial charge in [0.25, 0.3) is 0 Å². The lowest BCUT2D eigenvalue weighted by Crippen LogP contribution is -2.44. The third-order valence-electron chi connectivity index (χ3n) is 2.45.